The maximum Gasteiger partial charge on any atom is 0.318 e. The third kappa shape index (κ3) is 3.22. The molecule has 8 heteroatoms. The average Bonchev–Trinajstić information content (AvgIpc) is 3.11. The minimum atomic E-state index is -0.881. The van der Waals surface area contributed by atoms with Crippen LogP contribution in [0.3, 0.4) is 0 Å². The van der Waals surface area contributed by atoms with E-state index in [-0.39, 0.29) is 24.5 Å². The molecule has 2 aliphatic rings. The number of carbonyl (C=O) groups excluding carboxylic acids is 1. The summed E-state index contributed by atoms with van der Waals surface area (Å²) in [6.45, 7) is 6.24. The first-order valence-corrected chi connectivity index (χ1v) is 8.42. The number of nitrogens with zero attached hydrogens (tertiary/aromatic N) is 3. The molecule has 132 valence electrons. The normalized spacial score (nSPS) is 25.1. The van der Waals surface area contributed by atoms with Gasteiger partial charge in [-0.2, -0.15) is 4.98 Å². The van der Waals surface area contributed by atoms with Crippen molar-refractivity contribution in [2.45, 2.75) is 52.0 Å². The van der Waals surface area contributed by atoms with Crippen LogP contribution in [0, 0.1) is 11.3 Å². The summed E-state index contributed by atoms with van der Waals surface area (Å²) >= 11 is 0. The summed E-state index contributed by atoms with van der Waals surface area (Å²) in [7, 11) is 0. The van der Waals surface area contributed by atoms with E-state index in [2.05, 4.69) is 15.5 Å². The van der Waals surface area contributed by atoms with Crippen LogP contribution in [0.2, 0.25) is 0 Å². The molecule has 1 saturated heterocycles. The first-order chi connectivity index (χ1) is 11.3. The average molecular weight is 336 g/mol. The summed E-state index contributed by atoms with van der Waals surface area (Å²) in [6, 6.07) is -0.668. The van der Waals surface area contributed by atoms with Crippen LogP contribution < -0.4 is 5.32 Å². The van der Waals surface area contributed by atoms with E-state index >= 15 is 0 Å². The second-order valence-electron chi connectivity index (χ2n) is 7.47. The molecule has 3 rings (SSSR count). The Hall–Kier alpha value is -2.12. The summed E-state index contributed by atoms with van der Waals surface area (Å²) in [6.07, 6.45) is 2.62. The number of likely N-dealkylation sites (tertiary alicyclic amines) is 1. The molecule has 0 bridgehead atoms. The van der Waals surface area contributed by atoms with Crippen LogP contribution in [0.5, 0.6) is 0 Å². The molecular formula is C16H24N4O4. The van der Waals surface area contributed by atoms with E-state index in [0.29, 0.717) is 30.6 Å². The van der Waals surface area contributed by atoms with Crippen molar-refractivity contribution in [2.24, 2.45) is 11.3 Å². The molecule has 1 aromatic rings. The van der Waals surface area contributed by atoms with Crippen LogP contribution in [-0.4, -0.2) is 45.2 Å². The predicted octanol–water partition coefficient (Wildman–Crippen LogP) is 2.15. The number of aromatic nitrogens is 2. The molecule has 1 aliphatic heterocycles. The Kier molecular flexibility index (Phi) is 4.23. The molecule has 2 N–H and O–H groups in total. The van der Waals surface area contributed by atoms with Gasteiger partial charge in [0.15, 0.2) is 5.82 Å². The molecule has 1 aliphatic carbocycles. The number of hydrogen-bond acceptors (Lipinski definition) is 5. The number of carboxylic acid groups (broad SMARTS) is 1. The largest absolute Gasteiger partial charge is 0.481 e. The summed E-state index contributed by atoms with van der Waals surface area (Å²) in [5.74, 6) is 0.727. The SMILES string of the molecule is CC(C)C(NC(=O)N1CCC(C)(C(=O)O)C1)c1nc(C2CC2)no1. The fraction of sp³-hybridized carbons (Fsp3) is 0.750. The molecule has 2 atom stereocenters. The number of amides is 2. The summed E-state index contributed by atoms with van der Waals surface area (Å²) in [4.78, 5) is 29.8. The van der Waals surface area contributed by atoms with Crippen molar-refractivity contribution in [3.8, 4) is 0 Å². The van der Waals surface area contributed by atoms with Crippen LogP contribution in [0.15, 0.2) is 4.52 Å². The van der Waals surface area contributed by atoms with Gasteiger partial charge in [0, 0.05) is 19.0 Å². The second kappa shape index (κ2) is 6.07. The molecule has 2 fully saturated rings. The quantitative estimate of drug-likeness (QED) is 0.853. The van der Waals surface area contributed by atoms with Crippen LogP contribution in [0.4, 0.5) is 4.79 Å². The minimum absolute atomic E-state index is 0.0786. The number of urea groups is 1. The summed E-state index contributed by atoms with van der Waals surface area (Å²) < 4.78 is 5.34. The van der Waals surface area contributed by atoms with Gasteiger partial charge in [-0.3, -0.25) is 4.79 Å². The molecule has 1 aromatic heterocycles. The lowest BCUT2D eigenvalue weighted by atomic mass is 9.90. The zero-order valence-corrected chi connectivity index (χ0v) is 14.3. The Morgan fingerprint density at radius 1 is 1.42 bits per heavy atom. The van der Waals surface area contributed by atoms with Crippen molar-refractivity contribution >= 4 is 12.0 Å². The Bertz CT molecular complexity index is 640. The fourth-order valence-electron chi connectivity index (χ4n) is 2.93. The molecule has 2 unspecified atom stereocenters. The first kappa shape index (κ1) is 16.7. The standard InChI is InChI=1S/C16H24N4O4/c1-9(2)11(13-18-12(19-24-13)10-4-5-10)17-15(23)20-7-6-16(3,8-20)14(21)22/h9-11H,4-8H2,1-3H3,(H,17,23)(H,21,22). The number of nitrogens with one attached hydrogen (secondary N) is 1. The Labute approximate surface area is 140 Å². The number of hydrogen-bond donors (Lipinski definition) is 2. The lowest BCUT2D eigenvalue weighted by Crippen LogP contribution is -2.43. The molecular weight excluding hydrogens is 312 g/mol. The number of carbonyl (C=O) groups is 2. The van der Waals surface area contributed by atoms with Crippen molar-refractivity contribution in [1.29, 1.82) is 0 Å². The maximum absolute atomic E-state index is 12.5. The lowest BCUT2D eigenvalue weighted by Gasteiger charge is -2.24. The van der Waals surface area contributed by atoms with Gasteiger partial charge in [-0.15, -0.1) is 0 Å². The van der Waals surface area contributed by atoms with E-state index in [4.69, 9.17) is 4.52 Å². The summed E-state index contributed by atoms with van der Waals surface area (Å²) in [5, 5.41) is 16.2. The third-order valence-corrected chi connectivity index (χ3v) is 4.89. The van der Waals surface area contributed by atoms with Crippen LogP contribution in [-0.2, 0) is 4.79 Å². The van der Waals surface area contributed by atoms with Gasteiger partial charge in [0.1, 0.15) is 6.04 Å². The van der Waals surface area contributed by atoms with Crippen LogP contribution >= 0.6 is 0 Å². The van der Waals surface area contributed by atoms with Crippen LogP contribution in [0.25, 0.3) is 0 Å². The fourth-order valence-corrected chi connectivity index (χ4v) is 2.93. The van der Waals surface area contributed by atoms with Gasteiger partial charge >= 0.3 is 12.0 Å². The van der Waals surface area contributed by atoms with Crippen molar-refractivity contribution in [3.05, 3.63) is 11.7 Å². The molecule has 0 radical (unpaired) electrons. The van der Waals surface area contributed by atoms with Crippen molar-refractivity contribution < 1.29 is 19.2 Å². The molecule has 2 amide bonds. The third-order valence-electron chi connectivity index (χ3n) is 4.89. The van der Waals surface area contributed by atoms with E-state index < -0.39 is 11.4 Å². The topological polar surface area (TPSA) is 109 Å². The van der Waals surface area contributed by atoms with Gasteiger partial charge in [0.2, 0.25) is 5.89 Å². The highest BCUT2D eigenvalue weighted by molar-refractivity contribution is 5.79. The van der Waals surface area contributed by atoms with Gasteiger partial charge < -0.3 is 19.8 Å². The maximum atomic E-state index is 12.5. The molecule has 1 saturated carbocycles. The molecule has 8 nitrogen and oxygen atoms in total. The molecule has 2 heterocycles. The zero-order valence-electron chi connectivity index (χ0n) is 14.3. The Morgan fingerprint density at radius 3 is 2.67 bits per heavy atom. The Balaban J connectivity index is 1.67. The summed E-state index contributed by atoms with van der Waals surface area (Å²) in [5.41, 5.74) is -0.881. The van der Waals surface area contributed by atoms with E-state index in [1.165, 1.54) is 0 Å². The molecule has 0 aromatic carbocycles. The minimum Gasteiger partial charge on any atom is -0.481 e. The lowest BCUT2D eigenvalue weighted by molar-refractivity contribution is -0.147. The molecule has 24 heavy (non-hydrogen) atoms. The van der Waals surface area contributed by atoms with E-state index in [1.807, 2.05) is 13.8 Å². The molecule has 0 spiro atoms. The zero-order chi connectivity index (χ0) is 17.5. The van der Waals surface area contributed by atoms with Gasteiger partial charge in [-0.1, -0.05) is 19.0 Å². The number of aliphatic carboxylic acids is 1. The van der Waals surface area contributed by atoms with Crippen molar-refractivity contribution in [1.82, 2.24) is 20.4 Å². The van der Waals surface area contributed by atoms with Gasteiger partial charge in [-0.25, -0.2) is 4.79 Å². The van der Waals surface area contributed by atoms with E-state index in [0.717, 1.165) is 12.8 Å². The van der Waals surface area contributed by atoms with Crippen LogP contribution in [0.1, 0.15) is 63.7 Å². The highest BCUT2D eigenvalue weighted by atomic mass is 16.5. The number of rotatable bonds is 5. The van der Waals surface area contributed by atoms with E-state index in [1.54, 1.807) is 11.8 Å². The van der Waals surface area contributed by atoms with Crippen molar-refractivity contribution in [3.63, 3.8) is 0 Å². The monoisotopic (exact) mass is 336 g/mol. The van der Waals surface area contributed by atoms with Crippen molar-refractivity contribution in [2.75, 3.05) is 13.1 Å². The highest BCUT2D eigenvalue weighted by Gasteiger charge is 2.43. The van der Waals surface area contributed by atoms with Gasteiger partial charge in [-0.05, 0) is 32.1 Å². The highest BCUT2D eigenvalue weighted by Crippen LogP contribution is 2.38. The van der Waals surface area contributed by atoms with Gasteiger partial charge in [0.05, 0.1) is 5.41 Å². The van der Waals surface area contributed by atoms with Gasteiger partial charge in [0.25, 0.3) is 0 Å². The number of carboxylic acids is 1. The predicted molar refractivity (Wildman–Crippen MR) is 84.3 cm³/mol. The van der Waals surface area contributed by atoms with E-state index in [9.17, 15) is 14.7 Å². The second-order valence-corrected chi connectivity index (χ2v) is 7.47. The first-order valence-electron chi connectivity index (χ1n) is 8.42. The smallest absolute Gasteiger partial charge is 0.318 e. The Morgan fingerprint density at radius 2 is 2.12 bits per heavy atom.